The molecule has 2 N–H and O–H groups in total. The molecule has 14 nitrogen and oxygen atoms in total. The number of hydrogen-bond acceptors (Lipinski definition) is 10. The van der Waals surface area contributed by atoms with Crippen LogP contribution in [0.15, 0.2) is 53.7 Å². The molecule has 0 unspecified atom stereocenters. The van der Waals surface area contributed by atoms with E-state index in [9.17, 15) is 23.3 Å². The van der Waals surface area contributed by atoms with Crippen molar-refractivity contribution in [1.29, 1.82) is 5.26 Å². The number of fused-ring (bicyclic) bond motifs is 1. The van der Waals surface area contributed by atoms with Crippen molar-refractivity contribution < 1.29 is 18.0 Å². The molecule has 55 heavy (non-hydrogen) atoms. The molecule has 3 amide bonds. The highest BCUT2D eigenvalue weighted by Crippen LogP contribution is 2.39. The third kappa shape index (κ3) is 7.94. The van der Waals surface area contributed by atoms with Crippen molar-refractivity contribution in [3.63, 3.8) is 0 Å². The van der Waals surface area contributed by atoms with Gasteiger partial charge in [0.1, 0.15) is 0 Å². The van der Waals surface area contributed by atoms with Gasteiger partial charge in [-0.25, -0.2) is 23.2 Å². The molecule has 2 aromatic heterocycles. The van der Waals surface area contributed by atoms with Crippen LogP contribution in [-0.2, 0) is 28.3 Å². The molecule has 2 aromatic carbocycles. The van der Waals surface area contributed by atoms with Crippen LogP contribution in [0.3, 0.4) is 0 Å². The van der Waals surface area contributed by atoms with Crippen LogP contribution in [0.5, 0.6) is 0 Å². The lowest BCUT2D eigenvalue weighted by Gasteiger charge is -2.34. The summed E-state index contributed by atoms with van der Waals surface area (Å²) in [6, 6.07) is 13.2. The maximum atomic E-state index is 13.8. The van der Waals surface area contributed by atoms with Crippen molar-refractivity contribution in [2.24, 2.45) is 13.0 Å². The third-order valence-electron chi connectivity index (χ3n) is 11.7. The van der Waals surface area contributed by atoms with Crippen molar-refractivity contribution in [3.8, 4) is 6.07 Å². The number of anilines is 2. The molecule has 3 saturated heterocycles. The molecule has 0 bridgehead atoms. The lowest BCUT2D eigenvalue weighted by atomic mass is 9.88. The van der Waals surface area contributed by atoms with E-state index in [1.807, 2.05) is 25.5 Å². The van der Waals surface area contributed by atoms with Gasteiger partial charge in [-0.2, -0.15) is 14.7 Å². The van der Waals surface area contributed by atoms with Crippen LogP contribution in [0.2, 0.25) is 0 Å². The topological polar surface area (TPSA) is 169 Å². The molecule has 1 saturated carbocycles. The normalized spacial score (nSPS) is 20.1. The first-order chi connectivity index (χ1) is 26.5. The maximum Gasteiger partial charge on any atom is 0.329 e. The standard InChI is InChI=1S/C40H48N10O4S/c1-26(25-48-14-9-28(10-15-48)29-6-8-35-36(21-29)47(2)46-38(35)50-18-13-37(51)45-40(50)52)19-31-20-34(7-5-30(31)22-41)55(53,54)49-16-11-33(12-17-49)44-39-42-23-32(24-43-39)27-3-4-27/h5-8,20-21,23-24,26-28,33H,3-4,9-19,25H2,1-2H3,(H,42,43,44)(H,45,51,52)/t26-/m0/s1. The molecule has 15 heteroatoms. The van der Waals surface area contributed by atoms with Crippen LogP contribution in [0.25, 0.3) is 10.9 Å². The second kappa shape index (κ2) is 15.3. The lowest BCUT2D eigenvalue weighted by molar-refractivity contribution is -0.120. The molecule has 0 spiro atoms. The number of hydrogen-bond donors (Lipinski definition) is 2. The van der Waals surface area contributed by atoms with Gasteiger partial charge in [0.25, 0.3) is 0 Å². The minimum absolute atomic E-state index is 0.101. The van der Waals surface area contributed by atoms with Crippen LogP contribution in [0, 0.1) is 17.2 Å². The maximum absolute atomic E-state index is 13.8. The Morgan fingerprint density at radius 1 is 0.927 bits per heavy atom. The SMILES string of the molecule is C[C@@H](Cc1cc(S(=O)(=O)N2CCC(Nc3ncc(C4CC4)cn3)CC2)ccc1C#N)CN1CCC(c2ccc3c(N4CCC(=O)NC4=O)nn(C)c3c2)CC1. The number of piperidine rings is 2. The minimum Gasteiger partial charge on any atom is -0.351 e. The zero-order valence-electron chi connectivity index (χ0n) is 31.4. The summed E-state index contributed by atoms with van der Waals surface area (Å²) in [6.07, 6.45) is 10.4. The van der Waals surface area contributed by atoms with Crippen molar-refractivity contribution in [2.45, 2.75) is 81.1 Å². The molecular formula is C40H48N10O4S. The first kappa shape index (κ1) is 37.0. The van der Waals surface area contributed by atoms with E-state index in [4.69, 9.17) is 0 Å². The molecular weight excluding hydrogens is 717 g/mol. The van der Waals surface area contributed by atoms with Crippen LogP contribution >= 0.6 is 0 Å². The number of nitriles is 1. The number of urea groups is 1. The number of carbonyl (C=O) groups is 2. The number of sulfonamides is 1. The van der Waals surface area contributed by atoms with E-state index < -0.39 is 16.1 Å². The van der Waals surface area contributed by atoms with Gasteiger partial charge in [0.05, 0.1) is 22.0 Å². The average Bonchev–Trinajstić information content (AvgIpc) is 3.99. The summed E-state index contributed by atoms with van der Waals surface area (Å²) in [5, 5.41) is 21.2. The highest BCUT2D eigenvalue weighted by Gasteiger charge is 2.32. The number of likely N-dealkylation sites (tertiary alicyclic amines) is 1. The van der Waals surface area contributed by atoms with Gasteiger partial charge in [-0.05, 0) is 123 Å². The summed E-state index contributed by atoms with van der Waals surface area (Å²) in [4.78, 5) is 37.4. The van der Waals surface area contributed by atoms with Crippen LogP contribution in [0.4, 0.5) is 16.6 Å². The molecule has 1 atom stereocenters. The number of carbonyl (C=O) groups excluding carboxylic acids is 2. The molecule has 5 heterocycles. The number of aryl methyl sites for hydroxylation is 1. The summed E-state index contributed by atoms with van der Waals surface area (Å²) < 4.78 is 31.0. The largest absolute Gasteiger partial charge is 0.351 e. The second-order valence-electron chi connectivity index (χ2n) is 15.7. The van der Waals surface area contributed by atoms with Gasteiger partial charge < -0.3 is 10.2 Å². The van der Waals surface area contributed by atoms with Gasteiger partial charge in [0.15, 0.2) is 5.82 Å². The Morgan fingerprint density at radius 3 is 2.35 bits per heavy atom. The van der Waals surface area contributed by atoms with Crippen molar-refractivity contribution >= 4 is 44.6 Å². The highest BCUT2D eigenvalue weighted by atomic mass is 32.2. The molecule has 3 aliphatic heterocycles. The summed E-state index contributed by atoms with van der Waals surface area (Å²) in [5.74, 6) is 2.10. The fourth-order valence-electron chi connectivity index (χ4n) is 8.43. The predicted molar refractivity (Wildman–Crippen MR) is 208 cm³/mol. The van der Waals surface area contributed by atoms with E-state index in [1.54, 1.807) is 27.2 Å². The second-order valence-corrected chi connectivity index (χ2v) is 17.7. The zero-order chi connectivity index (χ0) is 38.3. The van der Waals surface area contributed by atoms with E-state index in [-0.39, 0.29) is 29.2 Å². The van der Waals surface area contributed by atoms with Gasteiger partial charge in [0, 0.05) is 63.5 Å². The van der Waals surface area contributed by atoms with Gasteiger partial charge in [0.2, 0.25) is 21.9 Å². The van der Waals surface area contributed by atoms with E-state index in [0.717, 1.165) is 48.9 Å². The molecule has 8 rings (SSSR count). The van der Waals surface area contributed by atoms with E-state index in [0.29, 0.717) is 68.1 Å². The summed E-state index contributed by atoms with van der Waals surface area (Å²) >= 11 is 0. The van der Waals surface area contributed by atoms with Gasteiger partial charge >= 0.3 is 6.03 Å². The predicted octanol–water partition coefficient (Wildman–Crippen LogP) is 4.88. The number of nitrogens with zero attached hydrogens (tertiary/aromatic N) is 8. The fraction of sp³-hybridized carbons (Fsp3) is 0.500. The van der Waals surface area contributed by atoms with E-state index in [2.05, 4.69) is 55.7 Å². The minimum atomic E-state index is -3.72. The third-order valence-corrected chi connectivity index (χ3v) is 13.6. The molecule has 4 aromatic rings. The van der Waals surface area contributed by atoms with Gasteiger partial charge in [-0.15, -0.1) is 0 Å². The van der Waals surface area contributed by atoms with E-state index >= 15 is 0 Å². The van der Waals surface area contributed by atoms with Crippen molar-refractivity contribution in [3.05, 3.63) is 71.0 Å². The van der Waals surface area contributed by atoms with Crippen molar-refractivity contribution in [2.75, 3.05) is 49.5 Å². The van der Waals surface area contributed by atoms with Crippen LogP contribution in [0.1, 0.15) is 86.0 Å². The Hall–Kier alpha value is -4.91. The fourth-order valence-corrected chi connectivity index (χ4v) is 9.95. The summed E-state index contributed by atoms with van der Waals surface area (Å²) in [5.41, 5.74) is 4.67. The number of nitrogens with one attached hydrogen (secondary N) is 2. The Morgan fingerprint density at radius 2 is 1.65 bits per heavy atom. The highest BCUT2D eigenvalue weighted by molar-refractivity contribution is 7.89. The Labute approximate surface area is 321 Å². The van der Waals surface area contributed by atoms with Gasteiger partial charge in [-0.3, -0.25) is 19.7 Å². The zero-order valence-corrected chi connectivity index (χ0v) is 32.3. The monoisotopic (exact) mass is 764 g/mol. The van der Waals surface area contributed by atoms with Crippen molar-refractivity contribution in [1.82, 2.24) is 34.3 Å². The average molecular weight is 765 g/mol. The number of aromatic nitrogens is 4. The number of rotatable bonds is 11. The Bertz CT molecular complexity index is 2230. The first-order valence-electron chi connectivity index (χ1n) is 19.5. The summed E-state index contributed by atoms with van der Waals surface area (Å²) in [6.45, 7) is 6.01. The Balaban J connectivity index is 0.849. The molecule has 1 aliphatic carbocycles. The lowest BCUT2D eigenvalue weighted by Crippen LogP contribution is -2.49. The first-order valence-corrected chi connectivity index (χ1v) is 20.9. The summed E-state index contributed by atoms with van der Waals surface area (Å²) in [7, 11) is -1.84. The van der Waals surface area contributed by atoms with Crippen LogP contribution < -0.4 is 15.5 Å². The molecule has 0 radical (unpaired) electrons. The molecule has 4 fully saturated rings. The number of amides is 3. The quantitative estimate of drug-likeness (QED) is 0.215. The van der Waals surface area contributed by atoms with E-state index in [1.165, 1.54) is 28.9 Å². The van der Waals surface area contributed by atoms with Gasteiger partial charge in [-0.1, -0.05) is 13.0 Å². The molecule has 288 valence electrons. The number of imide groups is 1. The number of benzene rings is 2. The Kier molecular flexibility index (Phi) is 10.3. The molecule has 4 aliphatic rings. The van der Waals surface area contributed by atoms with Crippen LogP contribution in [-0.4, -0.2) is 94.6 Å². The smallest absolute Gasteiger partial charge is 0.329 e.